The number of aliphatic hydroxyl groups is 1. The molecule has 4 rings (SSSR count). The fraction of sp³-hybridized carbons (Fsp3) is 0.368. The Bertz CT molecular complexity index is 651. The Kier molecular flexibility index (Phi) is 4.87. The normalized spacial score (nSPS) is 33.0. The van der Waals surface area contributed by atoms with Crippen LogP contribution in [0.5, 0.6) is 0 Å². The first-order chi connectivity index (χ1) is 11.8. The smallest absolute Gasteiger partial charge is 0.184 e. The van der Waals surface area contributed by atoms with Gasteiger partial charge in [-0.25, -0.2) is 0 Å². The molecule has 2 saturated heterocycles. The maximum absolute atomic E-state index is 10.5. The van der Waals surface area contributed by atoms with Gasteiger partial charge in [-0.1, -0.05) is 60.3 Å². The van der Waals surface area contributed by atoms with Crippen LogP contribution in [0.4, 0.5) is 0 Å². The van der Waals surface area contributed by atoms with E-state index in [4.69, 9.17) is 14.2 Å². The number of rotatable bonds is 3. The highest BCUT2D eigenvalue weighted by Gasteiger charge is 2.44. The van der Waals surface area contributed by atoms with Gasteiger partial charge in [-0.3, -0.25) is 0 Å². The average molecular weight is 344 g/mol. The van der Waals surface area contributed by atoms with E-state index < -0.39 is 12.4 Å². The Morgan fingerprint density at radius 1 is 0.917 bits per heavy atom. The number of benzene rings is 2. The van der Waals surface area contributed by atoms with Crippen LogP contribution >= 0.6 is 11.8 Å². The molecule has 0 bridgehead atoms. The highest BCUT2D eigenvalue weighted by molar-refractivity contribution is 7.99. The van der Waals surface area contributed by atoms with Crippen molar-refractivity contribution in [1.29, 1.82) is 0 Å². The summed E-state index contributed by atoms with van der Waals surface area (Å²) in [6.07, 6.45) is -1.04. The fourth-order valence-electron chi connectivity index (χ4n) is 3.10. The Labute approximate surface area is 145 Å². The van der Waals surface area contributed by atoms with Crippen LogP contribution in [0.25, 0.3) is 0 Å². The molecule has 2 aliphatic heterocycles. The van der Waals surface area contributed by atoms with Crippen LogP contribution in [0.3, 0.4) is 0 Å². The summed E-state index contributed by atoms with van der Waals surface area (Å²) in [5, 5.41) is 10.5. The fourth-order valence-corrected chi connectivity index (χ4v) is 4.20. The zero-order chi connectivity index (χ0) is 16.4. The lowest BCUT2D eigenvalue weighted by atomic mass is 10.0. The zero-order valence-corrected chi connectivity index (χ0v) is 14.0. The van der Waals surface area contributed by atoms with E-state index in [9.17, 15) is 5.11 Å². The van der Waals surface area contributed by atoms with E-state index >= 15 is 0 Å². The highest BCUT2D eigenvalue weighted by atomic mass is 32.2. The van der Waals surface area contributed by atoms with Gasteiger partial charge in [0.15, 0.2) is 6.29 Å². The molecule has 126 valence electrons. The van der Waals surface area contributed by atoms with E-state index in [0.29, 0.717) is 13.0 Å². The van der Waals surface area contributed by atoms with Gasteiger partial charge in [-0.05, 0) is 12.1 Å². The molecule has 24 heavy (non-hydrogen) atoms. The first-order valence-electron chi connectivity index (χ1n) is 8.17. The van der Waals surface area contributed by atoms with Crippen molar-refractivity contribution in [2.75, 3.05) is 6.61 Å². The molecule has 0 amide bonds. The summed E-state index contributed by atoms with van der Waals surface area (Å²) in [7, 11) is 0. The van der Waals surface area contributed by atoms with Crippen LogP contribution in [0.15, 0.2) is 65.6 Å². The lowest BCUT2D eigenvalue weighted by molar-refractivity contribution is -0.302. The molecule has 2 aromatic carbocycles. The van der Waals surface area contributed by atoms with Gasteiger partial charge >= 0.3 is 0 Å². The van der Waals surface area contributed by atoms with E-state index in [1.54, 1.807) is 11.8 Å². The van der Waals surface area contributed by atoms with Gasteiger partial charge in [-0.2, -0.15) is 0 Å². The minimum Gasteiger partial charge on any atom is -0.390 e. The number of thioether (sulfide) groups is 1. The lowest BCUT2D eigenvalue weighted by Crippen LogP contribution is -2.54. The highest BCUT2D eigenvalue weighted by Crippen LogP contribution is 2.38. The molecule has 2 aliphatic rings. The van der Waals surface area contributed by atoms with E-state index in [2.05, 4.69) is 0 Å². The van der Waals surface area contributed by atoms with Crippen molar-refractivity contribution in [3.05, 3.63) is 66.2 Å². The van der Waals surface area contributed by atoms with Crippen molar-refractivity contribution in [2.24, 2.45) is 0 Å². The van der Waals surface area contributed by atoms with Crippen molar-refractivity contribution in [3.63, 3.8) is 0 Å². The Morgan fingerprint density at radius 3 is 2.38 bits per heavy atom. The van der Waals surface area contributed by atoms with E-state index in [0.717, 1.165) is 10.5 Å². The molecule has 5 atom stereocenters. The summed E-state index contributed by atoms with van der Waals surface area (Å²) in [6.45, 7) is 0.424. The van der Waals surface area contributed by atoms with Gasteiger partial charge in [0, 0.05) is 16.9 Å². The second kappa shape index (κ2) is 7.25. The SMILES string of the molecule is O[C@@H]1C[C@H](Sc2ccccc2)O[C@@H]2CO[C@@H](c3ccccc3)O[C@@H]12. The molecule has 0 unspecified atom stereocenters. The van der Waals surface area contributed by atoms with Crippen molar-refractivity contribution in [1.82, 2.24) is 0 Å². The minimum atomic E-state index is -0.555. The number of aliphatic hydroxyl groups excluding tert-OH is 1. The molecule has 0 radical (unpaired) electrons. The van der Waals surface area contributed by atoms with E-state index in [1.807, 2.05) is 60.7 Å². The van der Waals surface area contributed by atoms with Gasteiger partial charge in [0.25, 0.3) is 0 Å². The predicted molar refractivity (Wildman–Crippen MR) is 91.6 cm³/mol. The molecule has 2 heterocycles. The van der Waals surface area contributed by atoms with Crippen molar-refractivity contribution in [2.45, 2.75) is 41.4 Å². The summed E-state index contributed by atoms with van der Waals surface area (Å²) in [6, 6.07) is 19.9. The van der Waals surface area contributed by atoms with Gasteiger partial charge in [0.2, 0.25) is 0 Å². The summed E-state index contributed by atoms with van der Waals surface area (Å²) >= 11 is 1.63. The van der Waals surface area contributed by atoms with Crippen LogP contribution in [-0.2, 0) is 14.2 Å². The third-order valence-corrected chi connectivity index (χ3v) is 5.39. The molecule has 1 N–H and O–H groups in total. The predicted octanol–water partition coefficient (Wildman–Crippen LogP) is 3.37. The summed E-state index contributed by atoms with van der Waals surface area (Å²) in [5.41, 5.74) is 0.869. The van der Waals surface area contributed by atoms with Crippen LogP contribution in [0, 0.1) is 0 Å². The number of ether oxygens (including phenoxy) is 3. The van der Waals surface area contributed by atoms with E-state index in [1.165, 1.54) is 0 Å². The molecule has 2 aromatic rings. The second-order valence-corrected chi connectivity index (χ2v) is 7.25. The van der Waals surface area contributed by atoms with Crippen molar-refractivity contribution in [3.8, 4) is 0 Å². The molecule has 2 fully saturated rings. The topological polar surface area (TPSA) is 47.9 Å². The minimum absolute atomic E-state index is 0.0934. The zero-order valence-electron chi connectivity index (χ0n) is 13.2. The van der Waals surface area contributed by atoms with Crippen LogP contribution < -0.4 is 0 Å². The Balaban J connectivity index is 1.41. The summed E-state index contributed by atoms with van der Waals surface area (Å²) in [5.74, 6) is 0. The molecule has 0 spiro atoms. The quantitative estimate of drug-likeness (QED) is 0.925. The lowest BCUT2D eigenvalue weighted by Gasteiger charge is -2.44. The van der Waals surface area contributed by atoms with Gasteiger partial charge in [0.1, 0.15) is 17.6 Å². The first kappa shape index (κ1) is 16.1. The average Bonchev–Trinajstić information content (AvgIpc) is 2.63. The van der Waals surface area contributed by atoms with E-state index in [-0.39, 0.29) is 17.6 Å². The molecule has 4 nitrogen and oxygen atoms in total. The van der Waals surface area contributed by atoms with Crippen LogP contribution in [-0.4, -0.2) is 35.5 Å². The summed E-state index contributed by atoms with van der Waals surface area (Å²) in [4.78, 5) is 1.13. The number of hydrogen-bond acceptors (Lipinski definition) is 5. The molecule has 0 aromatic heterocycles. The second-order valence-electron chi connectivity index (χ2n) is 6.01. The van der Waals surface area contributed by atoms with Crippen molar-refractivity contribution >= 4 is 11.8 Å². The largest absolute Gasteiger partial charge is 0.390 e. The summed E-state index contributed by atoms with van der Waals surface area (Å²) < 4.78 is 17.9. The first-order valence-corrected chi connectivity index (χ1v) is 9.05. The van der Waals surface area contributed by atoms with Gasteiger partial charge in [-0.15, -0.1) is 0 Å². The third kappa shape index (κ3) is 3.50. The molecule has 5 heteroatoms. The number of fused-ring (bicyclic) bond motifs is 1. The maximum Gasteiger partial charge on any atom is 0.184 e. The molecule has 0 saturated carbocycles. The maximum atomic E-state index is 10.5. The van der Waals surface area contributed by atoms with Gasteiger partial charge in [0.05, 0.1) is 12.7 Å². The monoisotopic (exact) mass is 344 g/mol. The van der Waals surface area contributed by atoms with Crippen molar-refractivity contribution < 1.29 is 19.3 Å². The standard InChI is InChI=1S/C19H20O4S/c20-15-11-17(24-14-9-5-2-6-10-14)22-16-12-21-19(23-18(15)16)13-7-3-1-4-8-13/h1-10,15-20H,11-12H2/t15-,16-,17+,18+,19-/m1/s1. The molecular formula is C19H20O4S. The van der Waals surface area contributed by atoms with Crippen LogP contribution in [0.1, 0.15) is 18.3 Å². The van der Waals surface area contributed by atoms with Gasteiger partial charge < -0.3 is 19.3 Å². The number of hydrogen-bond donors (Lipinski definition) is 1. The van der Waals surface area contributed by atoms with Crippen LogP contribution in [0.2, 0.25) is 0 Å². The Morgan fingerprint density at radius 2 is 1.62 bits per heavy atom. The third-order valence-electron chi connectivity index (χ3n) is 4.28. The molecule has 0 aliphatic carbocycles. The molecular weight excluding hydrogens is 324 g/mol. The Hall–Kier alpha value is -1.37.